The Balaban J connectivity index is 1.86. The van der Waals surface area contributed by atoms with Crippen LogP contribution in [-0.4, -0.2) is 31.6 Å². The van der Waals surface area contributed by atoms with Gasteiger partial charge in [-0.15, -0.1) is 11.3 Å². The molecule has 2 rings (SSSR count). The first kappa shape index (κ1) is 14.0. The Morgan fingerprint density at radius 1 is 1.39 bits per heavy atom. The van der Waals surface area contributed by atoms with E-state index in [9.17, 15) is 0 Å². The molecule has 1 fully saturated rings. The molecule has 1 aliphatic rings. The Bertz CT molecular complexity index is 328. The zero-order chi connectivity index (χ0) is 13.0. The number of nitrogens with zero attached hydrogens (tertiary/aromatic N) is 1. The van der Waals surface area contributed by atoms with Crippen molar-refractivity contribution in [3.8, 4) is 0 Å². The maximum absolute atomic E-state index is 3.76. The second-order valence-electron chi connectivity index (χ2n) is 5.74. The van der Waals surface area contributed by atoms with Gasteiger partial charge in [-0.25, -0.2) is 0 Å². The van der Waals surface area contributed by atoms with Gasteiger partial charge in [0.2, 0.25) is 0 Å². The van der Waals surface area contributed by atoms with Crippen LogP contribution in [0.3, 0.4) is 0 Å². The van der Waals surface area contributed by atoms with Crippen molar-refractivity contribution < 1.29 is 0 Å². The van der Waals surface area contributed by atoms with E-state index in [4.69, 9.17) is 0 Å². The molecule has 1 aromatic rings. The van der Waals surface area contributed by atoms with E-state index < -0.39 is 0 Å². The highest BCUT2D eigenvalue weighted by molar-refractivity contribution is 7.10. The van der Waals surface area contributed by atoms with Gasteiger partial charge < -0.3 is 10.2 Å². The topological polar surface area (TPSA) is 15.3 Å². The third-order valence-corrected chi connectivity index (χ3v) is 5.21. The van der Waals surface area contributed by atoms with Gasteiger partial charge in [-0.2, -0.15) is 0 Å². The summed E-state index contributed by atoms with van der Waals surface area (Å²) >= 11 is 1.86. The minimum absolute atomic E-state index is 0.508. The van der Waals surface area contributed by atoms with E-state index in [1.165, 1.54) is 30.6 Å². The molecule has 1 heterocycles. The van der Waals surface area contributed by atoms with Gasteiger partial charge in [0.1, 0.15) is 0 Å². The number of likely N-dealkylation sites (N-methyl/N-ethyl adjacent to an activating group) is 1. The molecule has 0 radical (unpaired) electrons. The summed E-state index contributed by atoms with van der Waals surface area (Å²) in [6.07, 6.45) is 5.69. The maximum atomic E-state index is 3.76. The Hall–Kier alpha value is -0.380. The van der Waals surface area contributed by atoms with Crippen LogP contribution in [0.15, 0.2) is 17.5 Å². The van der Waals surface area contributed by atoms with Gasteiger partial charge in [-0.3, -0.25) is 0 Å². The van der Waals surface area contributed by atoms with Crippen molar-refractivity contribution in [2.75, 3.05) is 20.6 Å². The highest BCUT2D eigenvalue weighted by Crippen LogP contribution is 2.28. The second-order valence-corrected chi connectivity index (χ2v) is 6.72. The quantitative estimate of drug-likeness (QED) is 0.847. The zero-order valence-corrected chi connectivity index (χ0v) is 12.7. The largest absolute Gasteiger partial charge is 0.312 e. The van der Waals surface area contributed by atoms with Crippen LogP contribution in [0.25, 0.3) is 0 Å². The van der Waals surface area contributed by atoms with Crippen molar-refractivity contribution in [3.63, 3.8) is 0 Å². The summed E-state index contributed by atoms with van der Waals surface area (Å²) < 4.78 is 0. The lowest BCUT2D eigenvalue weighted by atomic mass is 9.99. The molecule has 0 amide bonds. The predicted molar refractivity (Wildman–Crippen MR) is 80.2 cm³/mol. The van der Waals surface area contributed by atoms with E-state index in [1.54, 1.807) is 0 Å². The zero-order valence-electron chi connectivity index (χ0n) is 11.9. The van der Waals surface area contributed by atoms with Crippen LogP contribution in [0.2, 0.25) is 0 Å². The van der Waals surface area contributed by atoms with Gasteiger partial charge >= 0.3 is 0 Å². The Morgan fingerprint density at radius 3 is 2.67 bits per heavy atom. The summed E-state index contributed by atoms with van der Waals surface area (Å²) in [6, 6.07) is 5.57. The molecule has 0 aromatic carbocycles. The van der Waals surface area contributed by atoms with Crippen molar-refractivity contribution in [1.29, 1.82) is 0 Å². The Kier molecular flexibility index (Phi) is 5.22. The second kappa shape index (κ2) is 6.69. The SMILES string of the molecule is CC(NCC(c1cccs1)N(C)C)C1CCCC1. The average Bonchev–Trinajstić information content (AvgIpc) is 3.01. The standard InChI is InChI=1S/C15H26N2S/c1-12(13-7-4-5-8-13)16-11-14(17(2)3)15-9-6-10-18-15/h6,9-10,12-14,16H,4-5,7-8,11H2,1-3H3. The summed E-state index contributed by atoms with van der Waals surface area (Å²) in [5, 5.41) is 5.93. The van der Waals surface area contributed by atoms with Crippen molar-refractivity contribution >= 4 is 11.3 Å². The fourth-order valence-electron chi connectivity index (χ4n) is 2.94. The fourth-order valence-corrected chi connectivity index (χ4v) is 3.86. The summed E-state index contributed by atoms with van der Waals surface area (Å²) in [6.45, 7) is 3.42. The molecule has 1 aromatic heterocycles. The lowest BCUT2D eigenvalue weighted by molar-refractivity contribution is 0.269. The van der Waals surface area contributed by atoms with Crippen LogP contribution in [0.1, 0.15) is 43.5 Å². The fraction of sp³-hybridized carbons (Fsp3) is 0.733. The van der Waals surface area contributed by atoms with Crippen LogP contribution < -0.4 is 5.32 Å². The molecule has 2 unspecified atom stereocenters. The molecule has 18 heavy (non-hydrogen) atoms. The number of hydrogen-bond donors (Lipinski definition) is 1. The minimum Gasteiger partial charge on any atom is -0.312 e. The third kappa shape index (κ3) is 3.56. The van der Waals surface area contributed by atoms with E-state index in [-0.39, 0.29) is 0 Å². The highest BCUT2D eigenvalue weighted by Gasteiger charge is 2.23. The van der Waals surface area contributed by atoms with Crippen molar-refractivity contribution in [2.24, 2.45) is 5.92 Å². The van der Waals surface area contributed by atoms with E-state index >= 15 is 0 Å². The van der Waals surface area contributed by atoms with E-state index in [0.29, 0.717) is 12.1 Å². The Morgan fingerprint density at radius 2 is 2.11 bits per heavy atom. The Labute approximate surface area is 115 Å². The van der Waals surface area contributed by atoms with Crippen LogP contribution in [0, 0.1) is 5.92 Å². The smallest absolute Gasteiger partial charge is 0.0561 e. The first-order valence-electron chi connectivity index (χ1n) is 7.11. The molecular weight excluding hydrogens is 240 g/mol. The molecule has 1 saturated carbocycles. The van der Waals surface area contributed by atoms with Crippen molar-refractivity contribution in [2.45, 2.75) is 44.7 Å². The van der Waals surface area contributed by atoms with Gasteiger partial charge in [0.25, 0.3) is 0 Å². The lowest BCUT2D eigenvalue weighted by Crippen LogP contribution is -2.38. The van der Waals surface area contributed by atoms with Crippen LogP contribution in [0.4, 0.5) is 0 Å². The van der Waals surface area contributed by atoms with Gasteiger partial charge in [0.05, 0.1) is 6.04 Å². The molecular formula is C15H26N2S. The maximum Gasteiger partial charge on any atom is 0.0561 e. The van der Waals surface area contributed by atoms with E-state index in [2.05, 4.69) is 48.7 Å². The van der Waals surface area contributed by atoms with Gasteiger partial charge in [0, 0.05) is 17.5 Å². The van der Waals surface area contributed by atoms with Crippen molar-refractivity contribution in [1.82, 2.24) is 10.2 Å². The number of nitrogens with one attached hydrogen (secondary N) is 1. The van der Waals surface area contributed by atoms with Crippen LogP contribution in [-0.2, 0) is 0 Å². The number of rotatable bonds is 6. The molecule has 0 aliphatic heterocycles. The molecule has 3 heteroatoms. The number of thiophene rings is 1. The predicted octanol–water partition coefficient (Wildman–Crippen LogP) is 3.52. The minimum atomic E-state index is 0.508. The van der Waals surface area contributed by atoms with Gasteiger partial charge in [-0.1, -0.05) is 18.9 Å². The molecule has 1 aliphatic carbocycles. The molecule has 2 nitrogen and oxygen atoms in total. The number of hydrogen-bond acceptors (Lipinski definition) is 3. The molecule has 0 bridgehead atoms. The van der Waals surface area contributed by atoms with Gasteiger partial charge in [0.15, 0.2) is 0 Å². The summed E-state index contributed by atoms with van der Waals surface area (Å²) in [5.74, 6) is 0.899. The molecule has 102 valence electrons. The normalized spacial score (nSPS) is 20.4. The van der Waals surface area contributed by atoms with E-state index in [0.717, 1.165) is 12.5 Å². The summed E-state index contributed by atoms with van der Waals surface area (Å²) in [7, 11) is 4.35. The lowest BCUT2D eigenvalue weighted by Gasteiger charge is -2.27. The monoisotopic (exact) mass is 266 g/mol. The molecule has 0 saturated heterocycles. The van der Waals surface area contributed by atoms with Crippen molar-refractivity contribution in [3.05, 3.63) is 22.4 Å². The third-order valence-electron chi connectivity index (χ3n) is 4.24. The first-order chi connectivity index (χ1) is 8.68. The van der Waals surface area contributed by atoms with Crippen LogP contribution >= 0.6 is 11.3 Å². The summed E-state index contributed by atoms with van der Waals surface area (Å²) in [5.41, 5.74) is 0. The molecule has 0 spiro atoms. The van der Waals surface area contributed by atoms with Crippen LogP contribution in [0.5, 0.6) is 0 Å². The summed E-state index contributed by atoms with van der Waals surface area (Å²) in [4.78, 5) is 3.78. The average molecular weight is 266 g/mol. The molecule has 1 N–H and O–H groups in total. The van der Waals surface area contributed by atoms with E-state index in [1.807, 2.05) is 11.3 Å². The highest BCUT2D eigenvalue weighted by atomic mass is 32.1. The first-order valence-corrected chi connectivity index (χ1v) is 7.99. The van der Waals surface area contributed by atoms with Gasteiger partial charge in [-0.05, 0) is 51.2 Å². The molecule has 2 atom stereocenters.